The number of carbonyl (C=O) groups excluding carboxylic acids is 1. The molecule has 0 aromatic rings. The molecule has 0 aromatic heterocycles. The number of hydrazine groups is 1. The standard InChI is InChI=1S/C10H20N2O2/c1-7(2)5-6-14-9(8(3)4)10(13)12-11/h8-9H,1,5-6,11H2,2-4H3,(H,12,13). The monoisotopic (exact) mass is 200 g/mol. The van der Waals surface area contributed by atoms with E-state index in [2.05, 4.69) is 12.0 Å². The van der Waals surface area contributed by atoms with Crippen molar-refractivity contribution in [2.45, 2.75) is 33.3 Å². The molecule has 1 amide bonds. The van der Waals surface area contributed by atoms with Crippen molar-refractivity contribution in [1.82, 2.24) is 5.43 Å². The van der Waals surface area contributed by atoms with Crippen LogP contribution in [0.3, 0.4) is 0 Å². The van der Waals surface area contributed by atoms with E-state index in [4.69, 9.17) is 10.6 Å². The first-order valence-electron chi connectivity index (χ1n) is 4.75. The van der Waals surface area contributed by atoms with Crippen LogP contribution in [0.4, 0.5) is 0 Å². The number of hydrogen-bond acceptors (Lipinski definition) is 3. The molecule has 0 spiro atoms. The molecular formula is C10H20N2O2. The van der Waals surface area contributed by atoms with Crippen LogP contribution in [0, 0.1) is 5.92 Å². The molecule has 0 rings (SSSR count). The van der Waals surface area contributed by atoms with E-state index in [1.807, 2.05) is 20.8 Å². The van der Waals surface area contributed by atoms with Crippen LogP contribution in [-0.2, 0) is 9.53 Å². The highest BCUT2D eigenvalue weighted by atomic mass is 16.5. The smallest absolute Gasteiger partial charge is 0.263 e. The van der Waals surface area contributed by atoms with Gasteiger partial charge in [-0.05, 0) is 19.3 Å². The third kappa shape index (κ3) is 4.99. The zero-order valence-electron chi connectivity index (χ0n) is 9.17. The summed E-state index contributed by atoms with van der Waals surface area (Å²) in [6.07, 6.45) is 0.292. The number of nitrogens with two attached hydrogens (primary N) is 1. The minimum Gasteiger partial charge on any atom is -0.368 e. The molecule has 0 heterocycles. The molecule has 0 aliphatic rings. The largest absolute Gasteiger partial charge is 0.368 e. The van der Waals surface area contributed by atoms with Gasteiger partial charge in [0, 0.05) is 0 Å². The maximum Gasteiger partial charge on any atom is 0.263 e. The second-order valence-electron chi connectivity index (χ2n) is 3.75. The van der Waals surface area contributed by atoms with E-state index in [1.165, 1.54) is 0 Å². The van der Waals surface area contributed by atoms with Crippen LogP contribution in [0.15, 0.2) is 12.2 Å². The van der Waals surface area contributed by atoms with Crippen molar-refractivity contribution >= 4 is 5.91 Å². The van der Waals surface area contributed by atoms with E-state index in [9.17, 15) is 4.79 Å². The summed E-state index contributed by atoms with van der Waals surface area (Å²) in [4.78, 5) is 11.2. The van der Waals surface area contributed by atoms with Gasteiger partial charge in [0.1, 0.15) is 6.10 Å². The normalized spacial score (nSPS) is 12.6. The van der Waals surface area contributed by atoms with E-state index in [1.54, 1.807) is 0 Å². The van der Waals surface area contributed by atoms with Crippen molar-refractivity contribution < 1.29 is 9.53 Å². The third-order valence-electron chi connectivity index (χ3n) is 1.83. The SMILES string of the molecule is C=C(C)CCOC(C(=O)NN)C(C)C. The summed E-state index contributed by atoms with van der Waals surface area (Å²) >= 11 is 0. The molecule has 1 unspecified atom stereocenters. The second kappa shape index (κ2) is 6.56. The van der Waals surface area contributed by atoms with Crippen molar-refractivity contribution in [1.29, 1.82) is 0 Å². The van der Waals surface area contributed by atoms with Crippen molar-refractivity contribution in [3.8, 4) is 0 Å². The number of carbonyl (C=O) groups is 1. The fraction of sp³-hybridized carbons (Fsp3) is 0.700. The number of nitrogens with one attached hydrogen (secondary N) is 1. The van der Waals surface area contributed by atoms with Crippen molar-refractivity contribution in [3.05, 3.63) is 12.2 Å². The Hall–Kier alpha value is -0.870. The van der Waals surface area contributed by atoms with Gasteiger partial charge in [0.05, 0.1) is 6.61 Å². The van der Waals surface area contributed by atoms with Crippen LogP contribution in [0.5, 0.6) is 0 Å². The molecule has 0 saturated carbocycles. The molecule has 1 atom stereocenters. The highest BCUT2D eigenvalue weighted by molar-refractivity contribution is 5.80. The third-order valence-corrected chi connectivity index (χ3v) is 1.83. The van der Waals surface area contributed by atoms with Gasteiger partial charge >= 0.3 is 0 Å². The second-order valence-corrected chi connectivity index (χ2v) is 3.75. The summed E-state index contributed by atoms with van der Waals surface area (Å²) in [5.41, 5.74) is 3.14. The lowest BCUT2D eigenvalue weighted by Crippen LogP contribution is -2.43. The van der Waals surface area contributed by atoms with Gasteiger partial charge in [0.25, 0.3) is 5.91 Å². The summed E-state index contributed by atoms with van der Waals surface area (Å²) in [5, 5.41) is 0. The summed E-state index contributed by atoms with van der Waals surface area (Å²) in [5.74, 6) is 4.88. The minimum atomic E-state index is -0.473. The Balaban J connectivity index is 3.98. The van der Waals surface area contributed by atoms with Gasteiger partial charge < -0.3 is 4.74 Å². The van der Waals surface area contributed by atoms with Gasteiger partial charge in [-0.3, -0.25) is 10.2 Å². The van der Waals surface area contributed by atoms with Crippen LogP contribution in [0.1, 0.15) is 27.2 Å². The first-order valence-corrected chi connectivity index (χ1v) is 4.75. The van der Waals surface area contributed by atoms with E-state index in [0.717, 1.165) is 12.0 Å². The van der Waals surface area contributed by atoms with Crippen molar-refractivity contribution in [3.63, 3.8) is 0 Å². The molecular weight excluding hydrogens is 180 g/mol. The molecule has 82 valence electrons. The van der Waals surface area contributed by atoms with Crippen LogP contribution < -0.4 is 11.3 Å². The zero-order chi connectivity index (χ0) is 11.1. The molecule has 4 nitrogen and oxygen atoms in total. The topological polar surface area (TPSA) is 64.3 Å². The molecule has 0 aliphatic carbocycles. The Labute approximate surface area is 85.5 Å². The van der Waals surface area contributed by atoms with Gasteiger partial charge in [-0.2, -0.15) is 0 Å². The molecule has 3 N–H and O–H groups in total. The lowest BCUT2D eigenvalue weighted by atomic mass is 10.1. The van der Waals surface area contributed by atoms with Gasteiger partial charge in [-0.15, -0.1) is 6.58 Å². The van der Waals surface area contributed by atoms with Gasteiger partial charge in [0.15, 0.2) is 0 Å². The van der Waals surface area contributed by atoms with Crippen LogP contribution in [0.25, 0.3) is 0 Å². The first-order chi connectivity index (χ1) is 6.49. The molecule has 0 aliphatic heterocycles. The quantitative estimate of drug-likeness (QED) is 0.291. The zero-order valence-corrected chi connectivity index (χ0v) is 9.17. The van der Waals surface area contributed by atoms with Crippen LogP contribution in [-0.4, -0.2) is 18.6 Å². The number of rotatable bonds is 6. The Morgan fingerprint density at radius 3 is 2.50 bits per heavy atom. The summed E-state index contributed by atoms with van der Waals surface area (Å²) < 4.78 is 5.41. The maximum atomic E-state index is 11.2. The van der Waals surface area contributed by atoms with E-state index in [0.29, 0.717) is 6.61 Å². The van der Waals surface area contributed by atoms with E-state index < -0.39 is 6.10 Å². The van der Waals surface area contributed by atoms with E-state index in [-0.39, 0.29) is 11.8 Å². The van der Waals surface area contributed by atoms with Crippen molar-refractivity contribution in [2.24, 2.45) is 11.8 Å². The van der Waals surface area contributed by atoms with Gasteiger partial charge in [0.2, 0.25) is 0 Å². The molecule has 14 heavy (non-hydrogen) atoms. The van der Waals surface area contributed by atoms with Crippen LogP contribution in [0.2, 0.25) is 0 Å². The van der Waals surface area contributed by atoms with Crippen molar-refractivity contribution in [2.75, 3.05) is 6.61 Å². The van der Waals surface area contributed by atoms with Gasteiger partial charge in [-0.1, -0.05) is 19.4 Å². The maximum absolute atomic E-state index is 11.2. The summed E-state index contributed by atoms with van der Waals surface area (Å²) in [6.45, 7) is 10.0. The molecule has 0 fully saturated rings. The first kappa shape index (κ1) is 13.1. The average Bonchev–Trinajstić information content (AvgIpc) is 2.10. The Morgan fingerprint density at radius 1 is 1.57 bits per heavy atom. The molecule has 0 radical (unpaired) electrons. The van der Waals surface area contributed by atoms with Gasteiger partial charge in [-0.25, -0.2) is 5.84 Å². The molecule has 4 heteroatoms. The highest BCUT2D eigenvalue weighted by Crippen LogP contribution is 2.08. The van der Waals surface area contributed by atoms with Crippen LogP contribution >= 0.6 is 0 Å². The highest BCUT2D eigenvalue weighted by Gasteiger charge is 2.21. The number of ether oxygens (including phenoxy) is 1. The van der Waals surface area contributed by atoms with E-state index >= 15 is 0 Å². The molecule has 0 saturated heterocycles. The Kier molecular flexibility index (Phi) is 6.16. The number of amides is 1. The molecule has 0 aromatic carbocycles. The Morgan fingerprint density at radius 2 is 2.14 bits per heavy atom. The Bertz CT molecular complexity index is 202. The number of hydrogen-bond donors (Lipinski definition) is 2. The fourth-order valence-corrected chi connectivity index (χ4v) is 1.01. The predicted molar refractivity (Wildman–Crippen MR) is 56.3 cm³/mol. The predicted octanol–water partition coefficient (Wildman–Crippen LogP) is 0.984. The summed E-state index contributed by atoms with van der Waals surface area (Å²) in [7, 11) is 0. The lowest BCUT2D eigenvalue weighted by molar-refractivity contribution is -0.135. The minimum absolute atomic E-state index is 0.115. The fourth-order valence-electron chi connectivity index (χ4n) is 1.01. The average molecular weight is 200 g/mol. The summed E-state index contributed by atoms with van der Waals surface area (Å²) in [6, 6.07) is 0. The lowest BCUT2D eigenvalue weighted by Gasteiger charge is -2.19. The molecule has 0 bridgehead atoms.